The van der Waals surface area contributed by atoms with Crippen molar-refractivity contribution in [1.82, 2.24) is 4.90 Å². The molecule has 0 bridgehead atoms. The average Bonchev–Trinajstić information content (AvgIpc) is 2.48. The van der Waals surface area contributed by atoms with Crippen LogP contribution in [0, 0.1) is 5.82 Å². The Morgan fingerprint density at radius 1 is 1.39 bits per heavy atom. The van der Waals surface area contributed by atoms with Crippen LogP contribution in [0.5, 0.6) is 0 Å². The van der Waals surface area contributed by atoms with Crippen LogP contribution in [-0.4, -0.2) is 29.1 Å². The number of amidine groups is 1. The fraction of sp³-hybridized carbons (Fsp3) is 0.235. The molecule has 0 saturated carbocycles. The number of likely N-dealkylation sites (N-methyl/N-ethyl adjacent to an activating group) is 1. The molecule has 0 atom stereocenters. The van der Waals surface area contributed by atoms with Crippen LogP contribution in [0.15, 0.2) is 52.6 Å². The van der Waals surface area contributed by atoms with Gasteiger partial charge in [0.2, 0.25) is 5.96 Å². The first-order valence-corrected chi connectivity index (χ1v) is 7.27. The molecule has 0 spiro atoms. The molecule has 120 valence electrons. The Bertz CT molecular complexity index is 717. The number of rotatable bonds is 3. The molecule has 5 nitrogen and oxygen atoms in total. The number of halogens is 1. The first kappa shape index (κ1) is 16.6. The van der Waals surface area contributed by atoms with Gasteiger partial charge in [0.05, 0.1) is 0 Å². The van der Waals surface area contributed by atoms with Gasteiger partial charge in [-0.1, -0.05) is 24.8 Å². The summed E-state index contributed by atoms with van der Waals surface area (Å²) in [6.07, 6.45) is 2.22. The number of nitrogens with zero attached hydrogens (tertiary/aromatic N) is 3. The predicted octanol–water partition coefficient (Wildman–Crippen LogP) is 2.71. The summed E-state index contributed by atoms with van der Waals surface area (Å²) < 4.78 is 13.0. The first-order valence-electron chi connectivity index (χ1n) is 7.27. The fourth-order valence-corrected chi connectivity index (χ4v) is 2.31. The second kappa shape index (κ2) is 7.00. The fourth-order valence-electron chi connectivity index (χ4n) is 2.31. The van der Waals surface area contributed by atoms with Crippen molar-refractivity contribution in [3.8, 4) is 0 Å². The number of nitrogens with two attached hydrogens (primary N) is 1. The number of aliphatic imine (C=N–C) groups is 2. The van der Waals surface area contributed by atoms with Crippen LogP contribution >= 0.6 is 0 Å². The minimum absolute atomic E-state index is 0.0670. The molecule has 1 aromatic rings. The minimum Gasteiger partial charge on any atom is -0.368 e. The van der Waals surface area contributed by atoms with E-state index in [4.69, 9.17) is 5.73 Å². The van der Waals surface area contributed by atoms with Gasteiger partial charge in [0.1, 0.15) is 11.7 Å². The molecule has 2 rings (SSSR count). The summed E-state index contributed by atoms with van der Waals surface area (Å²) in [5.41, 5.74) is 7.48. The van der Waals surface area contributed by atoms with Gasteiger partial charge < -0.3 is 5.73 Å². The Morgan fingerprint density at radius 2 is 2.04 bits per heavy atom. The maximum atomic E-state index is 13.0. The van der Waals surface area contributed by atoms with Crippen LogP contribution in [0.3, 0.4) is 0 Å². The van der Waals surface area contributed by atoms with Crippen molar-refractivity contribution < 1.29 is 9.18 Å². The zero-order valence-corrected chi connectivity index (χ0v) is 13.2. The molecule has 0 aliphatic carbocycles. The lowest BCUT2D eigenvalue weighted by Gasteiger charge is -2.27. The summed E-state index contributed by atoms with van der Waals surface area (Å²) >= 11 is 0. The molecule has 1 aromatic carbocycles. The molecule has 0 aromatic heterocycles. The topological polar surface area (TPSA) is 71.0 Å². The van der Waals surface area contributed by atoms with Crippen molar-refractivity contribution in [3.63, 3.8) is 0 Å². The van der Waals surface area contributed by atoms with E-state index in [1.54, 1.807) is 30.0 Å². The summed E-state index contributed by atoms with van der Waals surface area (Å²) in [6, 6.07) is 5.85. The highest BCUT2D eigenvalue weighted by atomic mass is 19.1. The lowest BCUT2D eigenvalue weighted by molar-refractivity contribution is -0.121. The third-order valence-electron chi connectivity index (χ3n) is 3.30. The van der Waals surface area contributed by atoms with E-state index in [2.05, 4.69) is 16.6 Å². The van der Waals surface area contributed by atoms with Crippen LogP contribution in [0.4, 0.5) is 4.39 Å². The van der Waals surface area contributed by atoms with Gasteiger partial charge in [0.25, 0.3) is 5.91 Å². The molecule has 0 fully saturated rings. The first-order chi connectivity index (χ1) is 10.9. The second-order valence-electron chi connectivity index (χ2n) is 5.11. The standard InChI is InChI=1S/C17H19FN4O/c1-4-22-15(21-17(19)20-11(2)3)10-9-14(16(22)23)12-5-7-13(18)8-6-12/h5-9H,2,4,10H2,1,3H3,(H2,19,20). The van der Waals surface area contributed by atoms with Gasteiger partial charge >= 0.3 is 0 Å². The summed E-state index contributed by atoms with van der Waals surface area (Å²) in [4.78, 5) is 22.4. The molecule has 0 unspecified atom stereocenters. The summed E-state index contributed by atoms with van der Waals surface area (Å²) in [6.45, 7) is 7.66. The van der Waals surface area contributed by atoms with E-state index in [0.29, 0.717) is 35.6 Å². The van der Waals surface area contributed by atoms with Gasteiger partial charge in [-0.2, -0.15) is 4.99 Å². The monoisotopic (exact) mass is 314 g/mol. The van der Waals surface area contributed by atoms with E-state index in [1.807, 2.05) is 6.92 Å². The molecule has 0 saturated heterocycles. The number of benzene rings is 1. The molecule has 0 radical (unpaired) electrons. The number of allylic oxidation sites excluding steroid dienone is 1. The van der Waals surface area contributed by atoms with Gasteiger partial charge in [-0.15, -0.1) is 0 Å². The van der Waals surface area contributed by atoms with Crippen LogP contribution in [-0.2, 0) is 4.79 Å². The van der Waals surface area contributed by atoms with E-state index in [9.17, 15) is 9.18 Å². The highest BCUT2D eigenvalue weighted by molar-refractivity contribution is 6.27. The summed E-state index contributed by atoms with van der Waals surface area (Å²) in [5.74, 6) is 0.0754. The van der Waals surface area contributed by atoms with Gasteiger partial charge in [-0.25, -0.2) is 9.38 Å². The smallest absolute Gasteiger partial charge is 0.259 e. The minimum atomic E-state index is -0.337. The van der Waals surface area contributed by atoms with E-state index < -0.39 is 0 Å². The van der Waals surface area contributed by atoms with Crippen molar-refractivity contribution in [2.45, 2.75) is 20.3 Å². The van der Waals surface area contributed by atoms with E-state index in [-0.39, 0.29) is 17.7 Å². The molecule has 23 heavy (non-hydrogen) atoms. The van der Waals surface area contributed by atoms with Gasteiger partial charge in [-0.3, -0.25) is 9.69 Å². The zero-order valence-electron chi connectivity index (χ0n) is 13.2. The van der Waals surface area contributed by atoms with Crippen molar-refractivity contribution >= 4 is 23.3 Å². The normalized spacial score (nSPS) is 17.4. The molecule has 2 N–H and O–H groups in total. The molecular weight excluding hydrogens is 295 g/mol. The summed E-state index contributed by atoms with van der Waals surface area (Å²) in [5, 5.41) is 0. The number of hydrogen-bond acceptors (Lipinski definition) is 2. The molecular formula is C17H19FN4O. The van der Waals surface area contributed by atoms with Crippen LogP contribution in [0.25, 0.3) is 5.57 Å². The molecule has 1 aliphatic rings. The lowest BCUT2D eigenvalue weighted by Crippen LogP contribution is -2.40. The molecule has 1 aliphatic heterocycles. The van der Waals surface area contributed by atoms with Gasteiger partial charge in [0, 0.05) is 24.2 Å². The van der Waals surface area contributed by atoms with Crippen LogP contribution < -0.4 is 5.73 Å². The largest absolute Gasteiger partial charge is 0.368 e. The van der Waals surface area contributed by atoms with Crippen molar-refractivity contribution in [2.75, 3.05) is 6.54 Å². The predicted molar refractivity (Wildman–Crippen MR) is 90.3 cm³/mol. The Balaban J connectivity index is 2.35. The van der Waals surface area contributed by atoms with E-state index >= 15 is 0 Å². The van der Waals surface area contributed by atoms with E-state index in [1.165, 1.54) is 12.1 Å². The SMILES string of the molecule is C=C(C)N=C(N)N=C1CC=C(c2ccc(F)cc2)C(=O)N1CC. The molecule has 1 amide bonds. The zero-order chi connectivity index (χ0) is 17.0. The number of guanidine groups is 1. The number of hydrogen-bond donors (Lipinski definition) is 1. The van der Waals surface area contributed by atoms with Crippen LogP contribution in [0.2, 0.25) is 0 Å². The van der Waals surface area contributed by atoms with Crippen molar-refractivity contribution in [1.29, 1.82) is 0 Å². The van der Waals surface area contributed by atoms with Crippen molar-refractivity contribution in [3.05, 3.63) is 54.0 Å². The third kappa shape index (κ3) is 3.91. The Kier molecular flexibility index (Phi) is 5.05. The quantitative estimate of drug-likeness (QED) is 0.688. The number of amides is 1. The van der Waals surface area contributed by atoms with Gasteiger partial charge in [0.15, 0.2) is 0 Å². The third-order valence-corrected chi connectivity index (χ3v) is 3.30. The van der Waals surface area contributed by atoms with Gasteiger partial charge in [-0.05, 0) is 31.5 Å². The molecule has 6 heteroatoms. The maximum absolute atomic E-state index is 13.0. The Hall–Kier alpha value is -2.76. The van der Waals surface area contributed by atoms with E-state index in [0.717, 1.165) is 0 Å². The highest BCUT2D eigenvalue weighted by Gasteiger charge is 2.26. The molecule has 1 heterocycles. The van der Waals surface area contributed by atoms with Crippen LogP contribution in [0.1, 0.15) is 25.8 Å². The number of carbonyl (C=O) groups excluding carboxylic acids is 1. The lowest BCUT2D eigenvalue weighted by atomic mass is 9.99. The average molecular weight is 314 g/mol. The Labute approximate surface area is 134 Å². The second-order valence-corrected chi connectivity index (χ2v) is 5.11. The number of carbonyl (C=O) groups is 1. The van der Waals surface area contributed by atoms with Crippen molar-refractivity contribution in [2.24, 2.45) is 15.7 Å². The summed E-state index contributed by atoms with van der Waals surface area (Å²) in [7, 11) is 0. The Morgan fingerprint density at radius 3 is 2.61 bits per heavy atom. The maximum Gasteiger partial charge on any atom is 0.259 e. The highest BCUT2D eigenvalue weighted by Crippen LogP contribution is 2.23.